The highest BCUT2D eigenvalue weighted by Crippen LogP contribution is 2.10. The fourth-order valence-corrected chi connectivity index (χ4v) is 1.18. The number of allylic oxidation sites excluding steroid dienone is 2. The molecule has 1 atom stereocenters. The topological polar surface area (TPSA) is 29.1 Å². The third kappa shape index (κ3) is 3.90. The zero-order chi connectivity index (χ0) is 9.94. The van der Waals surface area contributed by atoms with Gasteiger partial charge in [-0.3, -0.25) is 0 Å². The molecule has 0 aromatic carbocycles. The van der Waals surface area contributed by atoms with Crippen LogP contribution in [0.2, 0.25) is 0 Å². The predicted molar refractivity (Wildman–Crippen MR) is 55.1 cm³/mol. The Morgan fingerprint density at radius 2 is 1.58 bits per heavy atom. The molecule has 2 nitrogen and oxygen atoms in total. The fraction of sp³-hybridized carbons (Fsp3) is 0.778. The average molecular weight is 189 g/mol. The van der Waals surface area contributed by atoms with Crippen LogP contribution in [-0.4, -0.2) is 8.96 Å². The van der Waals surface area contributed by atoms with E-state index in [4.69, 9.17) is 0 Å². The van der Waals surface area contributed by atoms with Gasteiger partial charge in [-0.1, -0.05) is 5.57 Å². The van der Waals surface area contributed by atoms with Gasteiger partial charge in [0.1, 0.15) is 11.0 Å². The van der Waals surface area contributed by atoms with E-state index in [9.17, 15) is 4.21 Å². The summed E-state index contributed by atoms with van der Waals surface area (Å²) in [6, 6.07) is 0. The monoisotopic (exact) mass is 189 g/mol. The Morgan fingerprint density at radius 3 is 1.83 bits per heavy atom. The summed E-state index contributed by atoms with van der Waals surface area (Å²) in [6.45, 7) is 11.8. The molecule has 12 heavy (non-hydrogen) atoms. The predicted octanol–water partition coefficient (Wildman–Crippen LogP) is 2.35. The van der Waals surface area contributed by atoms with Gasteiger partial charge in [0, 0.05) is 5.70 Å². The van der Waals surface area contributed by atoms with Gasteiger partial charge < -0.3 is 4.72 Å². The molecule has 0 saturated carbocycles. The maximum absolute atomic E-state index is 11.5. The van der Waals surface area contributed by atoms with E-state index < -0.39 is 11.0 Å². The van der Waals surface area contributed by atoms with Crippen molar-refractivity contribution in [3.63, 3.8) is 0 Å². The van der Waals surface area contributed by atoms with Gasteiger partial charge in [0.2, 0.25) is 0 Å². The zero-order valence-corrected chi connectivity index (χ0v) is 9.63. The SMILES string of the molecule is CC(C)=C(C)NS(=O)C(C)(C)C. The Hall–Kier alpha value is -0.310. The first kappa shape index (κ1) is 11.7. The van der Waals surface area contributed by atoms with Crippen LogP contribution in [0.3, 0.4) is 0 Å². The molecule has 1 N–H and O–H groups in total. The van der Waals surface area contributed by atoms with E-state index in [1.807, 2.05) is 41.5 Å². The molecule has 0 heterocycles. The highest BCUT2D eigenvalue weighted by Gasteiger charge is 2.19. The van der Waals surface area contributed by atoms with Crippen molar-refractivity contribution in [1.82, 2.24) is 4.72 Å². The van der Waals surface area contributed by atoms with Crippen LogP contribution in [0.25, 0.3) is 0 Å². The molecule has 0 amide bonds. The second-order valence-corrected chi connectivity index (χ2v) is 6.07. The van der Waals surface area contributed by atoms with Crippen molar-refractivity contribution < 1.29 is 4.21 Å². The maximum Gasteiger partial charge on any atom is 0.122 e. The second kappa shape index (κ2) is 4.08. The van der Waals surface area contributed by atoms with E-state index in [1.165, 1.54) is 5.57 Å². The molecular formula is C9H19NOS. The number of nitrogens with one attached hydrogen (secondary N) is 1. The van der Waals surface area contributed by atoms with E-state index in [0.717, 1.165) is 5.70 Å². The lowest BCUT2D eigenvalue weighted by Crippen LogP contribution is -2.32. The van der Waals surface area contributed by atoms with Crippen molar-refractivity contribution in [2.24, 2.45) is 0 Å². The number of rotatable bonds is 2. The smallest absolute Gasteiger partial charge is 0.122 e. The van der Waals surface area contributed by atoms with Crippen LogP contribution in [0.1, 0.15) is 41.5 Å². The molecule has 0 aromatic heterocycles. The Balaban J connectivity index is 4.32. The molecule has 1 unspecified atom stereocenters. The van der Waals surface area contributed by atoms with Gasteiger partial charge in [-0.15, -0.1) is 0 Å². The standard InChI is InChI=1S/C9H19NOS/c1-7(2)8(3)10-12(11)9(4,5)6/h10H,1-6H3. The fourth-order valence-electron chi connectivity index (χ4n) is 0.394. The Labute approximate surface area is 78.0 Å². The van der Waals surface area contributed by atoms with Gasteiger partial charge in [-0.05, 0) is 41.5 Å². The van der Waals surface area contributed by atoms with E-state index >= 15 is 0 Å². The molecule has 0 aliphatic heterocycles. The van der Waals surface area contributed by atoms with Crippen molar-refractivity contribution in [1.29, 1.82) is 0 Å². The molecular weight excluding hydrogens is 170 g/mol. The summed E-state index contributed by atoms with van der Waals surface area (Å²) < 4.78 is 14.3. The van der Waals surface area contributed by atoms with Crippen LogP contribution in [0.15, 0.2) is 11.3 Å². The van der Waals surface area contributed by atoms with Gasteiger partial charge in [0.05, 0.1) is 4.75 Å². The molecule has 3 heteroatoms. The summed E-state index contributed by atoms with van der Waals surface area (Å²) in [4.78, 5) is 0. The molecule has 0 bridgehead atoms. The quantitative estimate of drug-likeness (QED) is 0.710. The highest BCUT2D eigenvalue weighted by atomic mass is 32.2. The summed E-state index contributed by atoms with van der Waals surface area (Å²) in [7, 11) is -0.996. The Morgan fingerprint density at radius 1 is 1.17 bits per heavy atom. The molecule has 0 aliphatic rings. The van der Waals surface area contributed by atoms with Gasteiger partial charge in [-0.25, -0.2) is 4.21 Å². The normalized spacial score (nSPS) is 13.8. The summed E-state index contributed by atoms with van der Waals surface area (Å²) in [6.07, 6.45) is 0. The van der Waals surface area contributed by atoms with Crippen LogP contribution in [0, 0.1) is 0 Å². The van der Waals surface area contributed by atoms with Crippen molar-refractivity contribution in [3.05, 3.63) is 11.3 Å². The molecule has 0 spiro atoms. The Bertz CT molecular complexity index is 209. The minimum atomic E-state index is -0.996. The first-order chi connectivity index (χ1) is 5.25. The lowest BCUT2D eigenvalue weighted by molar-refractivity contribution is 0.642. The van der Waals surface area contributed by atoms with Crippen LogP contribution >= 0.6 is 0 Å². The van der Waals surface area contributed by atoms with Crippen molar-refractivity contribution in [3.8, 4) is 0 Å². The van der Waals surface area contributed by atoms with Gasteiger partial charge >= 0.3 is 0 Å². The van der Waals surface area contributed by atoms with Crippen LogP contribution in [-0.2, 0) is 11.0 Å². The lowest BCUT2D eigenvalue weighted by Gasteiger charge is -2.19. The molecule has 0 fully saturated rings. The van der Waals surface area contributed by atoms with E-state index in [-0.39, 0.29) is 4.75 Å². The highest BCUT2D eigenvalue weighted by molar-refractivity contribution is 7.84. The Kier molecular flexibility index (Phi) is 3.97. The van der Waals surface area contributed by atoms with Gasteiger partial charge in [0.25, 0.3) is 0 Å². The molecule has 0 saturated heterocycles. The third-order valence-corrected chi connectivity index (χ3v) is 3.16. The van der Waals surface area contributed by atoms with Crippen LogP contribution in [0.4, 0.5) is 0 Å². The molecule has 0 radical (unpaired) electrons. The van der Waals surface area contributed by atoms with Crippen molar-refractivity contribution >= 4 is 11.0 Å². The second-order valence-electron chi connectivity index (χ2n) is 4.11. The van der Waals surface area contributed by atoms with Crippen LogP contribution < -0.4 is 4.72 Å². The molecule has 0 aromatic rings. The average Bonchev–Trinajstić information content (AvgIpc) is 1.85. The molecule has 0 rings (SSSR count). The van der Waals surface area contributed by atoms with Gasteiger partial charge in [-0.2, -0.15) is 0 Å². The minimum Gasteiger partial charge on any atom is -0.309 e. The molecule has 72 valence electrons. The summed E-state index contributed by atoms with van der Waals surface area (Å²) >= 11 is 0. The maximum atomic E-state index is 11.5. The minimum absolute atomic E-state index is 0.198. The zero-order valence-electron chi connectivity index (χ0n) is 8.82. The summed E-state index contributed by atoms with van der Waals surface area (Å²) in [5.74, 6) is 0. The largest absolute Gasteiger partial charge is 0.309 e. The summed E-state index contributed by atoms with van der Waals surface area (Å²) in [5.41, 5.74) is 2.18. The van der Waals surface area contributed by atoms with Crippen LogP contribution in [0.5, 0.6) is 0 Å². The third-order valence-electron chi connectivity index (χ3n) is 1.55. The molecule has 0 aliphatic carbocycles. The van der Waals surface area contributed by atoms with E-state index in [1.54, 1.807) is 0 Å². The summed E-state index contributed by atoms with van der Waals surface area (Å²) in [5, 5.41) is 0. The number of hydrogen-bond acceptors (Lipinski definition) is 1. The van der Waals surface area contributed by atoms with Crippen molar-refractivity contribution in [2.45, 2.75) is 46.3 Å². The number of hydrogen-bond donors (Lipinski definition) is 1. The first-order valence-electron chi connectivity index (χ1n) is 4.07. The van der Waals surface area contributed by atoms with E-state index in [2.05, 4.69) is 4.72 Å². The van der Waals surface area contributed by atoms with Gasteiger partial charge in [0.15, 0.2) is 0 Å². The van der Waals surface area contributed by atoms with Crippen molar-refractivity contribution in [2.75, 3.05) is 0 Å². The lowest BCUT2D eigenvalue weighted by atomic mass is 10.3. The van der Waals surface area contributed by atoms with E-state index in [0.29, 0.717) is 0 Å². The first-order valence-corrected chi connectivity index (χ1v) is 5.22.